The number of hydrogen-bond acceptors (Lipinski definition) is 12. The average molecular weight is 926 g/mol. The number of unbranched alkanes of at least 4 members (excludes halogenated alkanes) is 8. The van der Waals surface area contributed by atoms with Crippen molar-refractivity contribution in [3.8, 4) is 5.75 Å². The van der Waals surface area contributed by atoms with Crippen LogP contribution in [0.5, 0.6) is 5.75 Å². The Labute approximate surface area is 369 Å². The second kappa shape index (κ2) is 23.4. The molecule has 63 heavy (non-hydrogen) atoms. The van der Waals surface area contributed by atoms with Gasteiger partial charge in [0.2, 0.25) is 5.91 Å². The molecule has 340 valence electrons. The van der Waals surface area contributed by atoms with E-state index in [1.54, 1.807) is 30.6 Å². The fraction of sp³-hybridized carbons (Fsp3) is 0.364. The van der Waals surface area contributed by atoms with Gasteiger partial charge in [-0.2, -0.15) is 21.9 Å². The molecule has 5 rings (SSSR count). The third-order valence-corrected chi connectivity index (χ3v) is 13.1. The van der Waals surface area contributed by atoms with E-state index < -0.39 is 63.5 Å². The highest BCUT2D eigenvalue weighted by atomic mass is 32.2. The van der Waals surface area contributed by atoms with Crippen LogP contribution in [0.2, 0.25) is 0 Å². The fourth-order valence-corrected chi connectivity index (χ4v) is 9.49. The zero-order chi connectivity index (χ0) is 46.2. The maximum Gasteiger partial charge on any atom is 0.296 e. The second-order valence-electron chi connectivity index (χ2n) is 15.1. The largest absolute Gasteiger partial charge is 0.505 e. The summed E-state index contributed by atoms with van der Waals surface area (Å²) in [7, 11) is -14.1. The van der Waals surface area contributed by atoms with Gasteiger partial charge in [0.25, 0.3) is 30.3 Å². The normalized spacial score (nSPS) is 13.0. The molecular weight excluding hydrogens is 871 g/mol. The first-order valence-electron chi connectivity index (χ1n) is 20.5. The van der Waals surface area contributed by atoms with Gasteiger partial charge in [0, 0.05) is 30.4 Å². The molecule has 0 radical (unpaired) electrons. The number of aromatic nitrogens is 1. The van der Waals surface area contributed by atoms with Crippen molar-refractivity contribution in [2.75, 3.05) is 10.0 Å². The number of rotatable bonds is 21. The van der Waals surface area contributed by atoms with Crippen LogP contribution in [0.15, 0.2) is 122 Å². The summed E-state index contributed by atoms with van der Waals surface area (Å²) in [6.45, 7) is 5.17. The van der Waals surface area contributed by atoms with E-state index in [1.165, 1.54) is 68.9 Å². The Kier molecular flexibility index (Phi) is 18.7. The number of azo groups is 1. The number of phenolic OH excluding ortho intramolecular Hbond substituents is 1. The number of aliphatic hydroxyl groups excluding tert-OH is 1. The number of aromatic hydroxyl groups is 1. The van der Waals surface area contributed by atoms with Gasteiger partial charge in [0.15, 0.2) is 5.75 Å². The molecule has 0 aliphatic rings. The Bertz CT molecular complexity index is 2640. The van der Waals surface area contributed by atoms with Crippen molar-refractivity contribution in [2.24, 2.45) is 10.2 Å². The molecule has 2 atom stereocenters. The smallest absolute Gasteiger partial charge is 0.296 e. The standard InChI is InChI=1S/C39H50N4O11S3.C5H5N/c1-4-5-6-7-8-9-10-11-12-15-31(45)22-26(2)33-16-13-14-17-35(33)55(47,48)43-30-20-18-29(19-21-30)41-42-38-36(57(52,53)54)24-28-23-32(56(49,50)51)25-34(40-27(3)44)37(28)39(38)46;1-2-4-6-5-3-1/h13-14,16-21,23-26,31,43,45-46H,4-12,15,22H2,1-3H3,(H,40,44)(H,49,50,51)(H,52,53,54);1-5H. The highest BCUT2D eigenvalue weighted by Gasteiger charge is 2.26. The predicted octanol–water partition coefficient (Wildman–Crippen LogP) is 10.1. The van der Waals surface area contributed by atoms with Crippen molar-refractivity contribution in [3.63, 3.8) is 0 Å². The van der Waals surface area contributed by atoms with Gasteiger partial charge >= 0.3 is 0 Å². The molecule has 5 aromatic rings. The number of nitrogens with zero attached hydrogens (tertiary/aromatic N) is 3. The number of carbonyl (C=O) groups is 1. The van der Waals surface area contributed by atoms with E-state index in [-0.39, 0.29) is 38.6 Å². The first kappa shape index (κ1) is 50.3. The van der Waals surface area contributed by atoms with Crippen LogP contribution in [-0.2, 0) is 35.1 Å². The van der Waals surface area contributed by atoms with E-state index in [0.717, 1.165) is 44.4 Å². The Balaban J connectivity index is 0.00000133. The number of anilines is 2. The van der Waals surface area contributed by atoms with Crippen LogP contribution < -0.4 is 10.0 Å². The monoisotopic (exact) mass is 925 g/mol. The van der Waals surface area contributed by atoms with E-state index in [4.69, 9.17) is 0 Å². The summed E-state index contributed by atoms with van der Waals surface area (Å²) in [6.07, 6.45) is 14.6. The molecule has 0 saturated heterocycles. The maximum atomic E-state index is 13.6. The van der Waals surface area contributed by atoms with Gasteiger partial charge in [-0.1, -0.05) is 95.9 Å². The lowest BCUT2D eigenvalue weighted by molar-refractivity contribution is -0.114. The molecule has 6 N–H and O–H groups in total. The summed E-state index contributed by atoms with van der Waals surface area (Å²) in [5.41, 5.74) is -0.297. The number of aliphatic hydroxyl groups is 1. The van der Waals surface area contributed by atoms with E-state index >= 15 is 0 Å². The third kappa shape index (κ3) is 15.5. The molecule has 2 unspecified atom stereocenters. The molecule has 16 nitrogen and oxygen atoms in total. The van der Waals surface area contributed by atoms with Crippen LogP contribution in [0.3, 0.4) is 0 Å². The van der Waals surface area contributed by atoms with Gasteiger partial charge in [-0.15, -0.1) is 5.11 Å². The van der Waals surface area contributed by atoms with Crippen LogP contribution in [0.25, 0.3) is 10.8 Å². The van der Waals surface area contributed by atoms with Crippen LogP contribution in [0.1, 0.15) is 103 Å². The molecule has 1 heterocycles. The third-order valence-electron chi connectivity index (χ3n) is 9.97. The lowest BCUT2D eigenvalue weighted by Crippen LogP contribution is -2.17. The topological polar surface area (TPSA) is 262 Å². The van der Waals surface area contributed by atoms with Crippen LogP contribution in [0.4, 0.5) is 22.7 Å². The lowest BCUT2D eigenvalue weighted by atomic mass is 9.93. The van der Waals surface area contributed by atoms with Crippen molar-refractivity contribution in [2.45, 2.75) is 118 Å². The zero-order valence-corrected chi connectivity index (χ0v) is 37.8. The fourth-order valence-electron chi connectivity index (χ4n) is 6.89. The first-order valence-corrected chi connectivity index (χ1v) is 24.9. The summed E-state index contributed by atoms with van der Waals surface area (Å²) in [4.78, 5) is 14.0. The maximum absolute atomic E-state index is 13.6. The van der Waals surface area contributed by atoms with Gasteiger partial charge in [-0.25, -0.2) is 8.42 Å². The minimum absolute atomic E-state index is 0.0587. The van der Waals surface area contributed by atoms with E-state index in [0.29, 0.717) is 18.4 Å². The van der Waals surface area contributed by atoms with Gasteiger partial charge in [-0.05, 0) is 90.4 Å². The van der Waals surface area contributed by atoms with Crippen molar-refractivity contribution in [1.29, 1.82) is 0 Å². The Morgan fingerprint density at radius 2 is 1.37 bits per heavy atom. The molecule has 0 fully saturated rings. The van der Waals surface area contributed by atoms with Gasteiger partial charge in [-0.3, -0.25) is 23.6 Å². The molecule has 0 aliphatic carbocycles. The number of hydrogen-bond donors (Lipinski definition) is 6. The number of pyridine rings is 1. The van der Waals surface area contributed by atoms with Crippen molar-refractivity contribution in [3.05, 3.63) is 103 Å². The predicted molar refractivity (Wildman–Crippen MR) is 243 cm³/mol. The molecule has 0 spiro atoms. The van der Waals surface area contributed by atoms with Crippen molar-refractivity contribution >= 4 is 69.7 Å². The Hall–Kier alpha value is -5.31. The quantitative estimate of drug-likeness (QED) is 0.0228. The number of amides is 1. The summed E-state index contributed by atoms with van der Waals surface area (Å²) < 4.78 is 97.7. The van der Waals surface area contributed by atoms with Gasteiger partial charge in [0.05, 0.1) is 27.3 Å². The van der Waals surface area contributed by atoms with Gasteiger partial charge in [0.1, 0.15) is 10.6 Å². The second-order valence-corrected chi connectivity index (χ2v) is 19.6. The molecule has 0 saturated carbocycles. The number of benzene rings is 4. The molecular formula is C44H55N5O11S3. The molecule has 4 aromatic carbocycles. The van der Waals surface area contributed by atoms with E-state index in [2.05, 4.69) is 32.2 Å². The number of sulfonamides is 1. The number of phenols is 1. The van der Waals surface area contributed by atoms with Crippen LogP contribution in [0, 0.1) is 0 Å². The SMILES string of the molecule is CCCCCCCCCCCC(O)CC(C)c1ccccc1S(=O)(=O)Nc1ccc(N=Nc2c(S(=O)(=O)O)cc3cc(S(=O)(=O)O)cc(NC(C)=O)c3c2O)cc1.c1ccncc1. The van der Waals surface area contributed by atoms with Crippen LogP contribution in [-0.4, -0.2) is 61.6 Å². The lowest BCUT2D eigenvalue weighted by Gasteiger charge is -2.20. The first-order chi connectivity index (χ1) is 29.8. The number of carbonyl (C=O) groups excluding carboxylic acids is 1. The molecule has 0 aliphatic heterocycles. The minimum atomic E-state index is -5.12. The molecule has 1 amide bonds. The summed E-state index contributed by atoms with van der Waals surface area (Å²) in [5, 5.41) is 31.4. The Morgan fingerprint density at radius 1 is 0.746 bits per heavy atom. The highest BCUT2D eigenvalue weighted by molar-refractivity contribution is 7.92. The number of nitrogens with one attached hydrogen (secondary N) is 2. The van der Waals surface area contributed by atoms with E-state index in [1.807, 2.05) is 25.1 Å². The summed E-state index contributed by atoms with van der Waals surface area (Å²) >= 11 is 0. The van der Waals surface area contributed by atoms with Crippen LogP contribution >= 0.6 is 0 Å². The number of fused-ring (bicyclic) bond motifs is 1. The Morgan fingerprint density at radius 3 is 1.92 bits per heavy atom. The molecule has 19 heteroatoms. The zero-order valence-electron chi connectivity index (χ0n) is 35.4. The molecule has 1 aromatic heterocycles. The van der Waals surface area contributed by atoms with Gasteiger partial charge < -0.3 is 15.5 Å². The van der Waals surface area contributed by atoms with Crippen molar-refractivity contribution in [1.82, 2.24) is 4.98 Å². The van der Waals surface area contributed by atoms with Crippen molar-refractivity contribution < 1.29 is 49.4 Å². The average Bonchev–Trinajstić information content (AvgIpc) is 3.23. The minimum Gasteiger partial charge on any atom is -0.505 e. The van der Waals surface area contributed by atoms with E-state index in [9.17, 15) is 49.4 Å². The molecule has 0 bridgehead atoms. The summed E-state index contributed by atoms with van der Waals surface area (Å²) in [5.74, 6) is -1.85. The summed E-state index contributed by atoms with van der Waals surface area (Å²) in [6, 6.07) is 20.2. The highest BCUT2D eigenvalue weighted by Crippen LogP contribution is 2.45.